The van der Waals surface area contributed by atoms with E-state index in [1.165, 1.54) is 0 Å². The summed E-state index contributed by atoms with van der Waals surface area (Å²) in [4.78, 5) is 26.4. The number of pyridine rings is 2. The zero-order chi connectivity index (χ0) is 46.3. The fourth-order valence-electron chi connectivity index (χ4n) is 8.79. The third-order valence-corrected chi connectivity index (χ3v) is 11.9. The van der Waals surface area contributed by atoms with Gasteiger partial charge in [-0.05, 0) is 120 Å². The Morgan fingerprint density at radius 2 is 0.970 bits per heavy atom. The van der Waals surface area contributed by atoms with Crippen molar-refractivity contribution < 1.29 is 32.9 Å². The van der Waals surface area contributed by atoms with E-state index in [1.54, 1.807) is 19.1 Å². The van der Waals surface area contributed by atoms with Gasteiger partial charge in [-0.25, -0.2) is 4.79 Å². The molecule has 0 atom stereocenters. The van der Waals surface area contributed by atoms with Gasteiger partial charge in [0.25, 0.3) is 0 Å². The van der Waals surface area contributed by atoms with Crippen molar-refractivity contribution in [2.45, 2.75) is 85.5 Å². The first-order valence-electron chi connectivity index (χ1n) is 23.6. The molecule has 350 valence electrons. The fourth-order valence-corrected chi connectivity index (χ4v) is 8.79. The number of hydrogen-bond acceptors (Lipinski definition) is 12. The molecule has 2 aliphatic rings. The van der Waals surface area contributed by atoms with Gasteiger partial charge >= 0.3 is 5.97 Å². The maximum absolute atomic E-state index is 14.5. The van der Waals surface area contributed by atoms with Gasteiger partial charge in [0.15, 0.2) is 11.5 Å². The van der Waals surface area contributed by atoms with Crippen molar-refractivity contribution in [1.29, 1.82) is 0 Å². The van der Waals surface area contributed by atoms with Gasteiger partial charge in [-0.1, -0.05) is 36.4 Å². The first-order valence-corrected chi connectivity index (χ1v) is 23.6. The molecular weight excluding hydrogens is 836 g/mol. The third kappa shape index (κ3) is 12.4. The molecule has 4 heterocycles. The van der Waals surface area contributed by atoms with Crippen LogP contribution in [0.5, 0.6) is 23.0 Å². The van der Waals surface area contributed by atoms with Crippen molar-refractivity contribution in [2.24, 2.45) is 0 Å². The van der Waals surface area contributed by atoms with Gasteiger partial charge in [0.2, 0.25) is 5.82 Å². The van der Waals surface area contributed by atoms with Gasteiger partial charge in [-0.15, -0.1) is 0 Å². The van der Waals surface area contributed by atoms with E-state index >= 15 is 0 Å². The van der Waals surface area contributed by atoms with Crippen LogP contribution >= 0.6 is 0 Å². The van der Waals surface area contributed by atoms with E-state index in [-0.39, 0.29) is 11.5 Å². The zero-order valence-corrected chi connectivity index (χ0v) is 39.1. The van der Waals surface area contributed by atoms with Crippen LogP contribution in [0.15, 0.2) is 97.3 Å². The summed E-state index contributed by atoms with van der Waals surface area (Å²) in [5.74, 6) is 0.747. The van der Waals surface area contributed by atoms with Crippen molar-refractivity contribution in [1.82, 2.24) is 19.8 Å². The molecule has 0 saturated carbocycles. The lowest BCUT2D eigenvalue weighted by Gasteiger charge is -2.33. The minimum absolute atomic E-state index is 0.268. The highest BCUT2D eigenvalue weighted by atomic mass is 19.1. The van der Waals surface area contributed by atoms with Crippen molar-refractivity contribution in [3.05, 3.63) is 120 Å². The number of anilines is 2. The normalized spacial score (nSPS) is 14.9. The SMILES string of the molecule is CCOC(=O)c1c(OCC)cc(CN2CCC(Nc3ccnc4ccccc34)CC2)cc1OCC.CCOc1cc(CN2CCC(Nc3ccnc4ccccc34)CC2)cc(OCC)c1F. The van der Waals surface area contributed by atoms with Crippen LogP contribution in [0.25, 0.3) is 21.8 Å². The molecule has 6 aromatic rings. The molecule has 0 radical (unpaired) electrons. The number of esters is 1. The Morgan fingerprint density at radius 3 is 1.38 bits per heavy atom. The van der Waals surface area contributed by atoms with E-state index in [4.69, 9.17) is 23.7 Å². The average molecular weight is 901 g/mol. The molecule has 2 fully saturated rings. The van der Waals surface area contributed by atoms with E-state index in [9.17, 15) is 9.18 Å². The molecule has 8 rings (SSSR count). The number of hydrogen-bond donors (Lipinski definition) is 2. The van der Waals surface area contributed by atoms with Crippen LogP contribution in [-0.4, -0.2) is 97.0 Å². The largest absolute Gasteiger partial charge is 0.493 e. The molecule has 2 N–H and O–H groups in total. The zero-order valence-electron chi connectivity index (χ0n) is 39.1. The van der Waals surface area contributed by atoms with E-state index in [0.717, 1.165) is 109 Å². The van der Waals surface area contributed by atoms with Crippen molar-refractivity contribution in [2.75, 3.05) is 69.8 Å². The van der Waals surface area contributed by atoms with E-state index in [0.29, 0.717) is 62.2 Å². The molecule has 4 aromatic carbocycles. The Kier molecular flexibility index (Phi) is 17.3. The number of benzene rings is 4. The van der Waals surface area contributed by atoms with Crippen molar-refractivity contribution in [3.63, 3.8) is 0 Å². The lowest BCUT2D eigenvalue weighted by atomic mass is 10.0. The second-order valence-corrected chi connectivity index (χ2v) is 16.5. The van der Waals surface area contributed by atoms with Gasteiger partial charge in [0, 0.05) is 85.9 Å². The monoisotopic (exact) mass is 900 g/mol. The number of halogens is 1. The molecule has 66 heavy (non-hydrogen) atoms. The summed E-state index contributed by atoms with van der Waals surface area (Å²) in [5.41, 5.74) is 6.76. The fraction of sp³-hybridized carbons (Fsp3) is 0.415. The third-order valence-electron chi connectivity index (χ3n) is 11.9. The van der Waals surface area contributed by atoms with Crippen molar-refractivity contribution in [3.8, 4) is 23.0 Å². The van der Waals surface area contributed by atoms with Crippen LogP contribution in [0.2, 0.25) is 0 Å². The van der Waals surface area contributed by atoms with Gasteiger partial charge in [0.05, 0.1) is 44.1 Å². The maximum Gasteiger partial charge on any atom is 0.345 e. The predicted octanol–water partition coefficient (Wildman–Crippen LogP) is 10.5. The summed E-state index contributed by atoms with van der Waals surface area (Å²) in [5, 5.41) is 9.76. The molecule has 2 aromatic heterocycles. The number of nitrogens with one attached hydrogen (secondary N) is 2. The van der Waals surface area contributed by atoms with E-state index < -0.39 is 11.8 Å². The number of ether oxygens (including phenoxy) is 5. The smallest absolute Gasteiger partial charge is 0.345 e. The molecule has 0 amide bonds. The Bertz CT molecular complexity index is 2440. The summed E-state index contributed by atoms with van der Waals surface area (Å²) in [6, 6.07) is 28.9. The highest BCUT2D eigenvalue weighted by Crippen LogP contribution is 2.34. The first-order chi connectivity index (χ1) is 32.3. The van der Waals surface area contributed by atoms with E-state index in [1.807, 2.05) is 82.6 Å². The van der Waals surface area contributed by atoms with Crippen LogP contribution in [0.1, 0.15) is 81.8 Å². The van der Waals surface area contributed by atoms with Gasteiger partial charge in [-0.3, -0.25) is 19.8 Å². The summed E-state index contributed by atoms with van der Waals surface area (Å²) in [6.07, 6.45) is 7.93. The molecule has 2 aliphatic heterocycles. The number of carbonyl (C=O) groups excluding carboxylic acids is 1. The summed E-state index contributed by atoms with van der Waals surface area (Å²) < 4.78 is 42.4. The van der Waals surface area contributed by atoms with Crippen molar-refractivity contribution >= 4 is 39.1 Å². The molecule has 0 bridgehead atoms. The second kappa shape index (κ2) is 23.8. The second-order valence-electron chi connectivity index (χ2n) is 16.5. The lowest BCUT2D eigenvalue weighted by molar-refractivity contribution is 0.0517. The Hall–Kier alpha value is -6.18. The molecular formula is C53H65FN6O6. The summed E-state index contributed by atoms with van der Waals surface area (Å²) in [7, 11) is 0. The lowest BCUT2D eigenvalue weighted by Crippen LogP contribution is -2.38. The van der Waals surface area contributed by atoms with Crippen LogP contribution < -0.4 is 29.6 Å². The molecule has 0 unspecified atom stereocenters. The number of likely N-dealkylation sites (tertiary alicyclic amines) is 2. The Balaban J connectivity index is 0.000000198. The number of rotatable bonds is 18. The predicted molar refractivity (Wildman–Crippen MR) is 261 cm³/mol. The first kappa shape index (κ1) is 47.8. The highest BCUT2D eigenvalue weighted by molar-refractivity contribution is 5.96. The highest BCUT2D eigenvalue weighted by Gasteiger charge is 2.25. The Labute approximate surface area is 388 Å². The number of para-hydroxylation sites is 2. The van der Waals surface area contributed by atoms with Gasteiger partial charge < -0.3 is 34.3 Å². The minimum atomic E-state index is -0.417. The average Bonchev–Trinajstić information content (AvgIpc) is 3.32. The Morgan fingerprint density at radius 1 is 0.576 bits per heavy atom. The van der Waals surface area contributed by atoms with E-state index in [2.05, 4.69) is 60.7 Å². The summed E-state index contributed by atoms with van der Waals surface area (Å²) >= 11 is 0. The molecule has 13 heteroatoms. The summed E-state index contributed by atoms with van der Waals surface area (Å²) in [6.45, 7) is 16.8. The van der Waals surface area contributed by atoms with Crippen LogP contribution in [0.4, 0.5) is 15.8 Å². The quantitative estimate of drug-likeness (QED) is 0.0799. The van der Waals surface area contributed by atoms with Gasteiger partial charge in [0.1, 0.15) is 17.1 Å². The topological polar surface area (TPSA) is 120 Å². The minimum Gasteiger partial charge on any atom is -0.493 e. The molecule has 2 saturated heterocycles. The standard InChI is InChI=1S/C28H35N3O4.C25H30FN3O2/c1-4-33-25-17-20(18-26(34-5-2)27(25)28(32)35-6-3)19-31-15-12-21(13-16-31)30-24-11-14-29-23-10-8-7-9-22(23)24;1-3-30-23-15-18(16-24(25(23)26)31-4-2)17-29-13-10-19(11-14-29)28-22-9-12-27-21-8-6-5-7-20(21)22/h7-11,14,17-18,21H,4-6,12-13,15-16,19H2,1-3H3,(H,29,30);5-9,12,15-16,19H,3-4,10-11,13-14,17H2,1-2H3,(H,27,28). The number of nitrogens with zero attached hydrogens (tertiary/aromatic N) is 4. The maximum atomic E-state index is 14.5. The molecule has 0 aliphatic carbocycles. The number of aromatic nitrogens is 2. The van der Waals surface area contributed by atoms with Gasteiger partial charge in [-0.2, -0.15) is 4.39 Å². The molecule has 12 nitrogen and oxygen atoms in total. The van der Waals surface area contributed by atoms with Crippen LogP contribution in [0.3, 0.4) is 0 Å². The van der Waals surface area contributed by atoms with Crippen LogP contribution in [0, 0.1) is 5.82 Å². The number of piperidine rings is 2. The molecule has 0 spiro atoms. The number of carbonyl (C=O) groups is 1. The van der Waals surface area contributed by atoms with Crippen LogP contribution in [-0.2, 0) is 17.8 Å². The number of fused-ring (bicyclic) bond motifs is 2.